The first-order valence-electron chi connectivity index (χ1n) is 13.8. The number of hydrogen-bond acceptors (Lipinski definition) is 4. The summed E-state index contributed by atoms with van der Waals surface area (Å²) in [6.07, 6.45) is 8.42. The van der Waals surface area contributed by atoms with Crippen molar-refractivity contribution in [1.82, 2.24) is 24.6 Å². The molecule has 1 aliphatic carbocycles. The van der Waals surface area contributed by atoms with Crippen LogP contribution in [0.4, 0.5) is 0 Å². The van der Waals surface area contributed by atoms with Crippen LogP contribution in [0.1, 0.15) is 36.8 Å². The molecule has 0 radical (unpaired) electrons. The van der Waals surface area contributed by atoms with Crippen LogP contribution in [0.2, 0.25) is 0 Å². The van der Waals surface area contributed by atoms with Gasteiger partial charge in [0.25, 0.3) is 0 Å². The second-order valence-corrected chi connectivity index (χ2v) is 10.4. The molecule has 0 atom stereocenters. The second-order valence-electron chi connectivity index (χ2n) is 10.4. The minimum Gasteiger partial charge on any atom is -0.338 e. The van der Waals surface area contributed by atoms with Crippen LogP contribution in [-0.4, -0.2) is 43.1 Å². The summed E-state index contributed by atoms with van der Waals surface area (Å²) in [7, 11) is 0. The summed E-state index contributed by atoms with van der Waals surface area (Å²) in [6.45, 7) is 3.25. The van der Waals surface area contributed by atoms with Gasteiger partial charge in [-0.25, -0.2) is 9.67 Å². The van der Waals surface area contributed by atoms with E-state index in [1.807, 2.05) is 35.0 Å². The molecule has 0 spiro atoms. The fraction of sp³-hybridized carbons (Fsp3) is 0.273. The van der Waals surface area contributed by atoms with Gasteiger partial charge in [-0.15, -0.1) is 0 Å². The Bertz CT molecular complexity index is 1560. The molecular formula is C33H33N5O. The minimum absolute atomic E-state index is 0.183. The van der Waals surface area contributed by atoms with Crippen molar-refractivity contribution >= 4 is 16.7 Å². The number of benzene rings is 3. The Morgan fingerprint density at radius 1 is 0.897 bits per heavy atom. The Morgan fingerprint density at radius 3 is 2.44 bits per heavy atom. The van der Waals surface area contributed by atoms with E-state index in [1.165, 1.54) is 23.8 Å². The van der Waals surface area contributed by atoms with Crippen LogP contribution >= 0.6 is 0 Å². The smallest absolute Gasteiger partial charge is 0.227 e. The monoisotopic (exact) mass is 515 g/mol. The molecule has 1 saturated carbocycles. The first-order valence-corrected chi connectivity index (χ1v) is 13.8. The lowest BCUT2D eigenvalue weighted by atomic mass is 10.0. The molecule has 0 bridgehead atoms. The maximum atomic E-state index is 13.9. The second kappa shape index (κ2) is 11.2. The normalized spacial score (nSPS) is 13.7. The summed E-state index contributed by atoms with van der Waals surface area (Å²) in [5.41, 5.74) is 4.23. The molecule has 2 heterocycles. The third-order valence-corrected chi connectivity index (χ3v) is 7.78. The lowest BCUT2D eigenvalue weighted by Gasteiger charge is -2.29. The van der Waals surface area contributed by atoms with E-state index in [2.05, 4.69) is 65.3 Å². The number of nitrogens with zero attached hydrogens (tertiary/aromatic N) is 5. The van der Waals surface area contributed by atoms with Gasteiger partial charge in [0, 0.05) is 36.1 Å². The summed E-state index contributed by atoms with van der Waals surface area (Å²) in [5.74, 6) is 1.67. The van der Waals surface area contributed by atoms with Crippen molar-refractivity contribution < 1.29 is 4.79 Å². The molecular weight excluding hydrogens is 482 g/mol. The van der Waals surface area contributed by atoms with Gasteiger partial charge in [-0.2, -0.15) is 5.10 Å². The van der Waals surface area contributed by atoms with E-state index in [0.717, 1.165) is 40.7 Å². The molecule has 3 aromatic carbocycles. The van der Waals surface area contributed by atoms with Gasteiger partial charge in [-0.3, -0.25) is 9.78 Å². The molecule has 1 fully saturated rings. The summed E-state index contributed by atoms with van der Waals surface area (Å²) in [4.78, 5) is 25.1. The first-order chi connectivity index (χ1) is 19.2. The van der Waals surface area contributed by atoms with Gasteiger partial charge in [0.1, 0.15) is 0 Å². The van der Waals surface area contributed by atoms with Crippen molar-refractivity contribution in [3.63, 3.8) is 0 Å². The molecule has 0 aliphatic heterocycles. The van der Waals surface area contributed by atoms with Crippen molar-refractivity contribution in [3.05, 3.63) is 102 Å². The van der Waals surface area contributed by atoms with E-state index < -0.39 is 0 Å². The highest BCUT2D eigenvalue weighted by Gasteiger charge is 2.27. The van der Waals surface area contributed by atoms with Gasteiger partial charge in [-0.05, 0) is 48.2 Å². The van der Waals surface area contributed by atoms with Gasteiger partial charge in [0.15, 0.2) is 11.6 Å². The van der Waals surface area contributed by atoms with E-state index in [-0.39, 0.29) is 11.9 Å². The molecule has 39 heavy (non-hydrogen) atoms. The summed E-state index contributed by atoms with van der Waals surface area (Å²) in [6, 6.07) is 27.0. The van der Waals surface area contributed by atoms with Gasteiger partial charge in [0.2, 0.25) is 5.91 Å². The highest BCUT2D eigenvalue weighted by atomic mass is 16.2. The molecule has 1 aliphatic rings. The predicted octanol–water partition coefficient (Wildman–Crippen LogP) is 6.48. The van der Waals surface area contributed by atoms with Crippen molar-refractivity contribution in [2.45, 2.75) is 51.6 Å². The molecule has 6 rings (SSSR count). The number of carbonyl (C=O) groups is 1. The Balaban J connectivity index is 1.28. The Hall–Kier alpha value is -4.32. The number of aryl methyl sites for hydroxylation is 1. The molecule has 196 valence electrons. The molecule has 1 amide bonds. The maximum Gasteiger partial charge on any atom is 0.227 e. The summed E-state index contributed by atoms with van der Waals surface area (Å²) in [5, 5.41) is 7.24. The fourth-order valence-corrected chi connectivity index (χ4v) is 5.68. The molecule has 6 nitrogen and oxygen atoms in total. The highest BCUT2D eigenvalue weighted by Crippen LogP contribution is 2.27. The number of rotatable bonds is 8. The minimum atomic E-state index is 0.183. The van der Waals surface area contributed by atoms with E-state index in [4.69, 9.17) is 10.1 Å². The zero-order valence-electron chi connectivity index (χ0n) is 22.3. The predicted molar refractivity (Wildman–Crippen MR) is 155 cm³/mol. The molecule has 0 N–H and O–H groups in total. The number of hydrogen-bond donors (Lipinski definition) is 0. The van der Waals surface area contributed by atoms with E-state index in [0.29, 0.717) is 25.3 Å². The number of fused-ring (bicyclic) bond motifs is 1. The van der Waals surface area contributed by atoms with E-state index >= 15 is 0 Å². The van der Waals surface area contributed by atoms with Crippen molar-refractivity contribution in [2.75, 3.05) is 6.54 Å². The van der Waals surface area contributed by atoms with Crippen molar-refractivity contribution in [1.29, 1.82) is 0 Å². The van der Waals surface area contributed by atoms with Crippen LogP contribution in [0, 0.1) is 6.92 Å². The van der Waals surface area contributed by atoms with E-state index in [1.54, 1.807) is 12.4 Å². The van der Waals surface area contributed by atoms with Crippen LogP contribution in [0.3, 0.4) is 0 Å². The highest BCUT2D eigenvalue weighted by molar-refractivity contribution is 5.90. The number of carbonyl (C=O) groups excluding carboxylic acids is 1. The number of aromatic nitrogens is 4. The standard InChI is InChI=1S/C33H33N5O/c1-24-13-15-26(16-14-24)32-35-33(27-17-19-34-20-18-27)38(36-32)22-21-37(29-10-3-4-11-29)31(39)23-28-9-6-8-25-7-2-5-12-30(25)28/h2,5-9,12-20,29H,3-4,10-11,21-23H2,1H3. The topological polar surface area (TPSA) is 63.9 Å². The zero-order valence-corrected chi connectivity index (χ0v) is 22.3. The fourth-order valence-electron chi connectivity index (χ4n) is 5.68. The first kappa shape index (κ1) is 25.0. The van der Waals surface area contributed by atoms with Crippen molar-refractivity contribution in [3.8, 4) is 22.8 Å². The Morgan fingerprint density at radius 2 is 1.64 bits per heavy atom. The van der Waals surface area contributed by atoms with Crippen LogP contribution in [0.15, 0.2) is 91.3 Å². The third-order valence-electron chi connectivity index (χ3n) is 7.78. The average molecular weight is 516 g/mol. The lowest BCUT2D eigenvalue weighted by molar-refractivity contribution is -0.132. The molecule has 6 heteroatoms. The van der Waals surface area contributed by atoms with E-state index in [9.17, 15) is 4.79 Å². The maximum absolute atomic E-state index is 13.9. The quantitative estimate of drug-likeness (QED) is 0.237. The SMILES string of the molecule is Cc1ccc(-c2nc(-c3ccncc3)n(CCN(C(=O)Cc3cccc4ccccc34)C3CCCC3)n2)cc1. The van der Waals surface area contributed by atoms with Crippen LogP contribution < -0.4 is 0 Å². The Kier molecular flexibility index (Phi) is 7.17. The molecule has 0 unspecified atom stereocenters. The van der Waals surface area contributed by atoms with Gasteiger partial charge in [-0.1, -0.05) is 85.1 Å². The van der Waals surface area contributed by atoms with Gasteiger partial charge in [0.05, 0.1) is 13.0 Å². The average Bonchev–Trinajstić information content (AvgIpc) is 3.65. The van der Waals surface area contributed by atoms with Crippen molar-refractivity contribution in [2.24, 2.45) is 0 Å². The summed E-state index contributed by atoms with van der Waals surface area (Å²) >= 11 is 0. The largest absolute Gasteiger partial charge is 0.338 e. The Labute approximate surface area is 229 Å². The van der Waals surface area contributed by atoms with Crippen LogP contribution in [0.5, 0.6) is 0 Å². The summed E-state index contributed by atoms with van der Waals surface area (Å²) < 4.78 is 1.96. The van der Waals surface area contributed by atoms with Crippen LogP contribution in [0.25, 0.3) is 33.5 Å². The molecule has 5 aromatic rings. The zero-order chi connectivity index (χ0) is 26.6. The molecule has 2 aromatic heterocycles. The lowest BCUT2D eigenvalue weighted by Crippen LogP contribution is -2.42. The van der Waals surface area contributed by atoms with Gasteiger partial charge >= 0.3 is 0 Å². The third kappa shape index (κ3) is 5.46. The number of pyridine rings is 1. The van der Waals surface area contributed by atoms with Gasteiger partial charge < -0.3 is 4.90 Å². The van der Waals surface area contributed by atoms with Crippen LogP contribution in [-0.2, 0) is 17.8 Å². The number of amides is 1. The molecule has 0 saturated heterocycles.